The highest BCUT2D eigenvalue weighted by atomic mass is 16.2. The Kier molecular flexibility index (Phi) is 4.06. The molecule has 10 nitrogen and oxygen atoms in total. The second-order valence-electron chi connectivity index (χ2n) is 7.03. The van der Waals surface area contributed by atoms with Crippen LogP contribution in [0.4, 0.5) is 5.95 Å². The van der Waals surface area contributed by atoms with E-state index in [-0.39, 0.29) is 12.0 Å². The zero-order valence-electron chi connectivity index (χ0n) is 15.4. The van der Waals surface area contributed by atoms with Gasteiger partial charge in [-0.3, -0.25) is 19.3 Å². The van der Waals surface area contributed by atoms with Gasteiger partial charge in [0.05, 0.1) is 22.1 Å². The van der Waals surface area contributed by atoms with Crippen LogP contribution in [0.25, 0.3) is 33.2 Å². The number of aromatic nitrogens is 6. The van der Waals surface area contributed by atoms with Crippen LogP contribution in [0.15, 0.2) is 40.3 Å². The molecule has 29 heavy (non-hydrogen) atoms. The van der Waals surface area contributed by atoms with E-state index in [1.54, 1.807) is 23.0 Å². The standard InChI is InChI=1S/C19H18N8O2/c20-18-23-7-10(8-24-18)13-1-2-14-15(25-13)16-12(9-22-14)17(28)26-19(29)27(16)11-3-5-21-6-4-11/h1-2,7-9,11,21H,3-6H2,(H2,20,23,24)(H,26,28,29). The number of hydrogen-bond acceptors (Lipinski definition) is 8. The Balaban J connectivity index is 1.84. The van der Waals surface area contributed by atoms with E-state index in [1.165, 1.54) is 6.20 Å². The van der Waals surface area contributed by atoms with Crippen LogP contribution in [0.1, 0.15) is 18.9 Å². The minimum atomic E-state index is -0.465. The number of nitrogens with two attached hydrogens (primary N) is 1. The molecule has 1 aliphatic heterocycles. The van der Waals surface area contributed by atoms with Gasteiger partial charge in [0, 0.05) is 30.2 Å². The van der Waals surface area contributed by atoms with Crippen molar-refractivity contribution in [1.29, 1.82) is 0 Å². The van der Waals surface area contributed by atoms with Gasteiger partial charge >= 0.3 is 5.69 Å². The molecule has 146 valence electrons. The first kappa shape index (κ1) is 17.4. The maximum atomic E-state index is 12.8. The summed E-state index contributed by atoms with van der Waals surface area (Å²) >= 11 is 0. The number of rotatable bonds is 2. The quantitative estimate of drug-likeness (QED) is 0.422. The molecule has 0 bridgehead atoms. The van der Waals surface area contributed by atoms with Crippen LogP contribution < -0.4 is 22.3 Å². The third-order valence-corrected chi connectivity index (χ3v) is 5.25. The van der Waals surface area contributed by atoms with E-state index in [2.05, 4.69) is 25.3 Å². The fraction of sp³-hybridized carbons (Fsp3) is 0.263. The third-order valence-electron chi connectivity index (χ3n) is 5.25. The lowest BCUT2D eigenvalue weighted by Gasteiger charge is -2.26. The molecule has 10 heteroatoms. The minimum Gasteiger partial charge on any atom is -0.368 e. The monoisotopic (exact) mass is 390 g/mol. The van der Waals surface area contributed by atoms with Crippen LogP contribution in [0.5, 0.6) is 0 Å². The zero-order chi connectivity index (χ0) is 20.0. The molecule has 0 saturated carbocycles. The van der Waals surface area contributed by atoms with Gasteiger partial charge in [0.1, 0.15) is 5.52 Å². The van der Waals surface area contributed by atoms with Crippen molar-refractivity contribution < 1.29 is 0 Å². The highest BCUT2D eigenvalue weighted by molar-refractivity contribution is 6.01. The maximum absolute atomic E-state index is 12.8. The van der Waals surface area contributed by atoms with E-state index in [1.807, 2.05) is 6.07 Å². The van der Waals surface area contributed by atoms with Crippen LogP contribution >= 0.6 is 0 Å². The number of nitrogens with one attached hydrogen (secondary N) is 2. The van der Waals surface area contributed by atoms with Crippen molar-refractivity contribution in [2.24, 2.45) is 0 Å². The summed E-state index contributed by atoms with van der Waals surface area (Å²) in [6.07, 6.45) is 6.25. The molecular weight excluding hydrogens is 372 g/mol. The molecule has 5 heterocycles. The lowest BCUT2D eigenvalue weighted by molar-refractivity contribution is 0.365. The first-order chi connectivity index (χ1) is 14.1. The number of aromatic amines is 1. The van der Waals surface area contributed by atoms with Crippen molar-refractivity contribution in [2.45, 2.75) is 18.9 Å². The molecule has 0 atom stereocenters. The second-order valence-corrected chi connectivity index (χ2v) is 7.03. The second kappa shape index (κ2) is 6.74. The van der Waals surface area contributed by atoms with E-state index >= 15 is 0 Å². The molecule has 4 N–H and O–H groups in total. The average molecular weight is 390 g/mol. The van der Waals surface area contributed by atoms with Crippen LogP contribution in [0.2, 0.25) is 0 Å². The van der Waals surface area contributed by atoms with Crippen molar-refractivity contribution in [1.82, 2.24) is 34.8 Å². The van der Waals surface area contributed by atoms with Crippen LogP contribution in [0, 0.1) is 0 Å². The predicted octanol–water partition coefficient (Wildman–Crippen LogP) is 0.597. The Hall–Kier alpha value is -3.66. The largest absolute Gasteiger partial charge is 0.368 e. The zero-order valence-corrected chi connectivity index (χ0v) is 15.4. The van der Waals surface area contributed by atoms with Gasteiger partial charge in [-0.25, -0.2) is 19.7 Å². The third kappa shape index (κ3) is 2.93. The molecule has 0 spiro atoms. The fourth-order valence-corrected chi connectivity index (χ4v) is 3.83. The first-order valence-corrected chi connectivity index (χ1v) is 9.35. The Morgan fingerprint density at radius 1 is 1.03 bits per heavy atom. The van der Waals surface area contributed by atoms with Gasteiger partial charge in [-0.2, -0.15) is 0 Å². The molecule has 0 aromatic carbocycles. The fourth-order valence-electron chi connectivity index (χ4n) is 3.83. The molecule has 4 aromatic rings. The van der Waals surface area contributed by atoms with Crippen LogP contribution in [-0.4, -0.2) is 42.6 Å². The number of pyridine rings is 2. The Morgan fingerprint density at radius 3 is 2.55 bits per heavy atom. The number of anilines is 1. The maximum Gasteiger partial charge on any atom is 0.329 e. The summed E-state index contributed by atoms with van der Waals surface area (Å²) in [5.74, 6) is 0.174. The summed E-state index contributed by atoms with van der Waals surface area (Å²) in [6.45, 7) is 1.62. The van der Waals surface area contributed by atoms with Gasteiger partial charge in [-0.15, -0.1) is 0 Å². The normalized spacial score (nSPS) is 15.2. The van der Waals surface area contributed by atoms with Crippen molar-refractivity contribution >= 4 is 27.9 Å². The van der Waals surface area contributed by atoms with Gasteiger partial charge in [-0.1, -0.05) is 0 Å². The van der Waals surface area contributed by atoms with Gasteiger partial charge in [0.15, 0.2) is 0 Å². The highest BCUT2D eigenvalue weighted by Gasteiger charge is 2.22. The summed E-state index contributed by atoms with van der Waals surface area (Å²) in [5.41, 5.74) is 7.58. The molecule has 1 fully saturated rings. The number of H-pyrrole nitrogens is 1. The number of fused-ring (bicyclic) bond motifs is 3. The van der Waals surface area contributed by atoms with Crippen LogP contribution in [-0.2, 0) is 0 Å². The number of piperidine rings is 1. The molecule has 5 rings (SSSR count). The number of hydrogen-bond donors (Lipinski definition) is 3. The highest BCUT2D eigenvalue weighted by Crippen LogP contribution is 2.27. The minimum absolute atomic E-state index is 0.0287. The van der Waals surface area contributed by atoms with E-state index in [0.29, 0.717) is 33.2 Å². The molecule has 0 radical (unpaired) electrons. The molecule has 0 unspecified atom stereocenters. The van der Waals surface area contributed by atoms with E-state index in [9.17, 15) is 9.59 Å². The average Bonchev–Trinajstić information content (AvgIpc) is 2.74. The Morgan fingerprint density at radius 2 is 1.79 bits per heavy atom. The summed E-state index contributed by atoms with van der Waals surface area (Å²) in [5, 5.41) is 3.64. The van der Waals surface area contributed by atoms with Gasteiger partial charge in [0.25, 0.3) is 5.56 Å². The summed E-state index contributed by atoms with van der Waals surface area (Å²) in [7, 11) is 0. The lowest BCUT2D eigenvalue weighted by Crippen LogP contribution is -2.38. The van der Waals surface area contributed by atoms with Gasteiger partial charge < -0.3 is 11.1 Å². The Labute approximate surface area is 163 Å². The summed E-state index contributed by atoms with van der Waals surface area (Å²) in [4.78, 5) is 44.8. The molecule has 1 aliphatic rings. The van der Waals surface area contributed by atoms with Crippen molar-refractivity contribution in [3.05, 3.63) is 51.6 Å². The van der Waals surface area contributed by atoms with E-state index < -0.39 is 11.2 Å². The molecular formula is C19H18N8O2. The topological polar surface area (TPSA) is 144 Å². The van der Waals surface area contributed by atoms with Crippen LogP contribution in [0.3, 0.4) is 0 Å². The van der Waals surface area contributed by atoms with E-state index in [0.717, 1.165) is 25.9 Å². The van der Waals surface area contributed by atoms with E-state index in [4.69, 9.17) is 10.7 Å². The smallest absolute Gasteiger partial charge is 0.329 e. The van der Waals surface area contributed by atoms with Crippen molar-refractivity contribution in [3.63, 3.8) is 0 Å². The Bertz CT molecular complexity index is 1340. The lowest BCUT2D eigenvalue weighted by atomic mass is 10.1. The summed E-state index contributed by atoms with van der Waals surface area (Å²) in [6, 6.07) is 3.58. The first-order valence-electron chi connectivity index (χ1n) is 9.35. The molecule has 1 saturated heterocycles. The number of nitrogens with zero attached hydrogens (tertiary/aromatic N) is 5. The SMILES string of the molecule is Nc1ncc(-c2ccc3ncc4c(=O)[nH]c(=O)n(C5CCNCC5)c4c3n2)cn1. The van der Waals surface area contributed by atoms with Crippen molar-refractivity contribution in [2.75, 3.05) is 18.8 Å². The summed E-state index contributed by atoms with van der Waals surface area (Å²) < 4.78 is 1.66. The molecule has 0 aliphatic carbocycles. The number of nitrogen functional groups attached to an aromatic ring is 1. The van der Waals surface area contributed by atoms with Gasteiger partial charge in [-0.05, 0) is 38.1 Å². The predicted molar refractivity (Wildman–Crippen MR) is 109 cm³/mol. The molecule has 4 aromatic heterocycles. The molecule has 0 amide bonds. The van der Waals surface area contributed by atoms with Crippen molar-refractivity contribution in [3.8, 4) is 11.3 Å². The van der Waals surface area contributed by atoms with Gasteiger partial charge in [0.2, 0.25) is 5.95 Å².